The third-order valence-electron chi connectivity index (χ3n) is 4.60. The molecule has 0 atom stereocenters. The number of anilines is 2. The molecule has 2 heterocycles. The van der Waals surface area contributed by atoms with E-state index in [0.29, 0.717) is 29.7 Å². The van der Waals surface area contributed by atoms with E-state index in [0.717, 1.165) is 19.0 Å². The maximum Gasteiger partial charge on any atom is 0.434 e. The van der Waals surface area contributed by atoms with Crippen molar-refractivity contribution in [3.63, 3.8) is 0 Å². The summed E-state index contributed by atoms with van der Waals surface area (Å²) in [5.74, 6) is -0.679. The summed E-state index contributed by atoms with van der Waals surface area (Å²) >= 11 is 5.94. The van der Waals surface area contributed by atoms with Crippen molar-refractivity contribution in [2.45, 2.75) is 19.0 Å². The Morgan fingerprint density at radius 1 is 1.33 bits per heavy atom. The molecule has 0 radical (unpaired) electrons. The van der Waals surface area contributed by atoms with Gasteiger partial charge in [0.05, 0.1) is 17.7 Å². The molecule has 30 heavy (non-hydrogen) atoms. The zero-order valence-electron chi connectivity index (χ0n) is 16.1. The Hall–Kier alpha value is -2.59. The lowest BCUT2D eigenvalue weighted by molar-refractivity contribution is -0.141. The number of hydrogen-bond donors (Lipinski definition) is 2. The first-order valence-electron chi connectivity index (χ1n) is 9.18. The zero-order valence-corrected chi connectivity index (χ0v) is 16.8. The predicted octanol–water partition coefficient (Wildman–Crippen LogP) is 4.06. The minimum absolute atomic E-state index is 0.166. The number of methoxy groups -OCH3 is 1. The van der Waals surface area contributed by atoms with Crippen molar-refractivity contribution >= 4 is 29.1 Å². The molecular weight excluding hydrogens is 425 g/mol. The second kappa shape index (κ2) is 9.48. The second-order valence-electron chi connectivity index (χ2n) is 6.69. The summed E-state index contributed by atoms with van der Waals surface area (Å²) in [7, 11) is 1.41. The van der Waals surface area contributed by atoms with E-state index >= 15 is 0 Å². The van der Waals surface area contributed by atoms with E-state index < -0.39 is 23.3 Å². The third kappa shape index (κ3) is 5.51. The first-order chi connectivity index (χ1) is 14.3. The van der Waals surface area contributed by atoms with Crippen molar-refractivity contribution in [1.82, 2.24) is 15.3 Å². The van der Waals surface area contributed by atoms with Gasteiger partial charge in [-0.3, -0.25) is 4.79 Å². The topological polar surface area (TPSA) is 85.4 Å². The van der Waals surface area contributed by atoms with Crippen LogP contribution in [0.1, 0.15) is 28.9 Å². The Labute approximate surface area is 175 Å². The number of ether oxygens (including phenoxy) is 2. The van der Waals surface area contributed by atoms with Crippen LogP contribution >= 0.6 is 11.6 Å². The van der Waals surface area contributed by atoms with Gasteiger partial charge in [0.15, 0.2) is 5.69 Å². The lowest BCUT2D eigenvalue weighted by Crippen LogP contribution is -2.33. The molecule has 0 unspecified atom stereocenters. The molecule has 1 saturated heterocycles. The molecule has 1 aromatic carbocycles. The highest BCUT2D eigenvalue weighted by atomic mass is 35.5. The van der Waals surface area contributed by atoms with Crippen LogP contribution in [0.15, 0.2) is 24.4 Å². The number of nitrogens with one attached hydrogen (secondary N) is 2. The lowest BCUT2D eigenvalue weighted by atomic mass is 10.0. The van der Waals surface area contributed by atoms with Gasteiger partial charge < -0.3 is 20.1 Å². The fraction of sp³-hybridized carbons (Fsp3) is 0.421. The summed E-state index contributed by atoms with van der Waals surface area (Å²) in [4.78, 5) is 19.8. The van der Waals surface area contributed by atoms with Crippen molar-refractivity contribution in [3.05, 3.63) is 40.7 Å². The largest absolute Gasteiger partial charge is 0.495 e. The molecule has 1 aliphatic heterocycles. The van der Waals surface area contributed by atoms with Gasteiger partial charge in [0.25, 0.3) is 5.91 Å². The van der Waals surface area contributed by atoms with Crippen LogP contribution < -0.4 is 15.4 Å². The molecule has 2 aromatic rings. The van der Waals surface area contributed by atoms with Gasteiger partial charge in [0, 0.05) is 37.7 Å². The van der Waals surface area contributed by atoms with Crippen molar-refractivity contribution in [1.29, 1.82) is 0 Å². The summed E-state index contributed by atoms with van der Waals surface area (Å²) in [5.41, 5.74) is -1.57. The van der Waals surface area contributed by atoms with Gasteiger partial charge in [-0.25, -0.2) is 9.97 Å². The monoisotopic (exact) mass is 444 g/mol. The molecule has 1 aromatic heterocycles. The molecule has 7 nitrogen and oxygen atoms in total. The maximum atomic E-state index is 13.5. The molecule has 2 N–H and O–H groups in total. The number of carbonyl (C=O) groups excluding carboxylic acids is 1. The first kappa shape index (κ1) is 22.1. The summed E-state index contributed by atoms with van der Waals surface area (Å²) in [6.45, 7) is 1.42. The molecule has 0 spiro atoms. The Morgan fingerprint density at radius 2 is 2.07 bits per heavy atom. The van der Waals surface area contributed by atoms with Crippen LogP contribution in [0.25, 0.3) is 0 Å². The second-order valence-corrected chi connectivity index (χ2v) is 7.10. The van der Waals surface area contributed by atoms with Crippen molar-refractivity contribution in [3.8, 4) is 5.75 Å². The van der Waals surface area contributed by atoms with Gasteiger partial charge in [-0.1, -0.05) is 11.6 Å². The molecule has 3 rings (SSSR count). The van der Waals surface area contributed by atoms with Gasteiger partial charge in [-0.15, -0.1) is 0 Å². The van der Waals surface area contributed by atoms with Crippen LogP contribution in [-0.4, -0.2) is 42.7 Å². The minimum atomic E-state index is -4.83. The quantitative estimate of drug-likeness (QED) is 0.699. The van der Waals surface area contributed by atoms with E-state index in [1.54, 1.807) is 0 Å². The zero-order chi connectivity index (χ0) is 21.7. The van der Waals surface area contributed by atoms with Crippen LogP contribution in [0.5, 0.6) is 5.75 Å². The Bertz CT molecular complexity index is 905. The lowest BCUT2D eigenvalue weighted by Gasteiger charge is -2.22. The fourth-order valence-electron chi connectivity index (χ4n) is 2.97. The molecule has 0 aliphatic carbocycles. The molecule has 1 amide bonds. The summed E-state index contributed by atoms with van der Waals surface area (Å²) in [5, 5.41) is 5.55. The highest BCUT2D eigenvalue weighted by Gasteiger charge is 2.38. The van der Waals surface area contributed by atoms with E-state index in [9.17, 15) is 18.0 Å². The van der Waals surface area contributed by atoms with E-state index in [4.69, 9.17) is 21.1 Å². The number of amides is 1. The molecule has 11 heteroatoms. The van der Waals surface area contributed by atoms with Crippen LogP contribution in [0.4, 0.5) is 24.8 Å². The smallest absolute Gasteiger partial charge is 0.434 e. The number of aromatic nitrogens is 2. The predicted molar refractivity (Wildman–Crippen MR) is 104 cm³/mol. The molecule has 1 aliphatic rings. The van der Waals surface area contributed by atoms with Crippen LogP contribution in [0.3, 0.4) is 0 Å². The Morgan fingerprint density at radius 3 is 2.73 bits per heavy atom. The van der Waals surface area contributed by atoms with Crippen molar-refractivity contribution in [2.75, 3.05) is 32.2 Å². The molecule has 0 bridgehead atoms. The summed E-state index contributed by atoms with van der Waals surface area (Å²) < 4.78 is 50.9. The standard InChI is InChI=1S/C19H20ClF3N4O3/c1-29-15-8-12(2-3-14(15)20)26-18-25-10-13(16(27-18)19(21,22)23)17(28)24-9-11-4-6-30-7-5-11/h2-3,8,10-11H,4-7,9H2,1H3,(H,24,28)(H,25,26,27). The summed E-state index contributed by atoms with van der Waals surface area (Å²) in [6, 6.07) is 4.55. The number of benzene rings is 1. The number of carbonyl (C=O) groups is 1. The first-order valence-corrected chi connectivity index (χ1v) is 9.56. The average molecular weight is 445 g/mol. The SMILES string of the molecule is COc1cc(Nc2ncc(C(=O)NCC3CCOCC3)c(C(F)(F)F)n2)ccc1Cl. The van der Waals surface area contributed by atoms with E-state index in [2.05, 4.69) is 20.6 Å². The minimum Gasteiger partial charge on any atom is -0.495 e. The van der Waals surface area contributed by atoms with Crippen molar-refractivity contribution < 1.29 is 27.4 Å². The highest BCUT2D eigenvalue weighted by molar-refractivity contribution is 6.32. The van der Waals surface area contributed by atoms with Crippen LogP contribution in [0, 0.1) is 5.92 Å². The van der Waals surface area contributed by atoms with Crippen LogP contribution in [0.2, 0.25) is 5.02 Å². The molecule has 162 valence electrons. The van der Waals surface area contributed by atoms with Gasteiger partial charge in [-0.05, 0) is 30.9 Å². The van der Waals surface area contributed by atoms with Gasteiger partial charge in [-0.2, -0.15) is 13.2 Å². The molecule has 0 saturated carbocycles. The average Bonchev–Trinajstić information content (AvgIpc) is 2.73. The Balaban J connectivity index is 1.78. The third-order valence-corrected chi connectivity index (χ3v) is 4.91. The van der Waals surface area contributed by atoms with Gasteiger partial charge in [0.2, 0.25) is 5.95 Å². The summed E-state index contributed by atoms with van der Waals surface area (Å²) in [6.07, 6.45) is -2.47. The Kier molecular flexibility index (Phi) is 6.99. The van der Waals surface area contributed by atoms with Gasteiger partial charge >= 0.3 is 6.18 Å². The van der Waals surface area contributed by atoms with Gasteiger partial charge in [0.1, 0.15) is 5.75 Å². The fourth-order valence-corrected chi connectivity index (χ4v) is 3.17. The maximum absolute atomic E-state index is 13.5. The number of alkyl halides is 3. The molecule has 1 fully saturated rings. The normalized spacial score (nSPS) is 15.0. The van der Waals surface area contributed by atoms with Crippen LogP contribution in [-0.2, 0) is 10.9 Å². The molecular formula is C19H20ClF3N4O3. The van der Waals surface area contributed by atoms with Crippen molar-refractivity contribution in [2.24, 2.45) is 5.92 Å². The van der Waals surface area contributed by atoms with E-state index in [1.807, 2.05) is 0 Å². The number of halogens is 4. The number of rotatable bonds is 6. The number of nitrogens with zero attached hydrogens (tertiary/aromatic N) is 2. The number of hydrogen-bond acceptors (Lipinski definition) is 6. The van der Waals surface area contributed by atoms with E-state index in [1.165, 1.54) is 25.3 Å². The highest BCUT2D eigenvalue weighted by Crippen LogP contribution is 2.32. The van der Waals surface area contributed by atoms with E-state index in [-0.39, 0.29) is 18.4 Å².